The Kier molecular flexibility index (Phi) is 7.06. The van der Waals surface area contributed by atoms with Crippen LogP contribution in [-0.4, -0.2) is 37.8 Å². The number of rotatable bonds is 7. The molecule has 1 N–H and O–H groups in total. The Bertz CT molecular complexity index is 1960. The van der Waals surface area contributed by atoms with E-state index in [1.807, 2.05) is 46.6 Å². The SMILES string of the molecule is Cc1cccc(F)c1NC(=O)c1cc2c(s1)-c1ccccc1N(C(=O)c1cccc(-c3cn(SC4CC4)nc3C3CC3)n1)CC2. The largest absolute Gasteiger partial charge is 0.319 e. The number of aromatic nitrogens is 3. The average molecular weight is 636 g/mol. The number of anilines is 2. The molecule has 5 aromatic rings. The van der Waals surface area contributed by atoms with Gasteiger partial charge in [0.2, 0.25) is 0 Å². The molecule has 7 nitrogen and oxygen atoms in total. The summed E-state index contributed by atoms with van der Waals surface area (Å²) in [5, 5.41) is 8.30. The molecule has 1 aliphatic heterocycles. The van der Waals surface area contributed by atoms with Crippen molar-refractivity contribution in [1.82, 2.24) is 14.2 Å². The summed E-state index contributed by atoms with van der Waals surface area (Å²) in [7, 11) is 0. The minimum absolute atomic E-state index is 0.167. The number of pyridine rings is 1. The van der Waals surface area contributed by atoms with E-state index in [0.29, 0.717) is 40.3 Å². The first-order valence-electron chi connectivity index (χ1n) is 15.3. The Balaban J connectivity index is 1.09. The topological polar surface area (TPSA) is 80.1 Å². The molecule has 2 fully saturated rings. The summed E-state index contributed by atoms with van der Waals surface area (Å²) < 4.78 is 16.4. The number of carbonyl (C=O) groups excluding carboxylic acids is 2. The molecule has 0 radical (unpaired) electrons. The maximum atomic E-state index is 14.4. The number of benzene rings is 2. The minimum atomic E-state index is -0.464. The number of carbonyl (C=O) groups is 2. The lowest BCUT2D eigenvalue weighted by Crippen LogP contribution is -2.33. The number of nitrogens with one attached hydrogen (secondary N) is 1. The number of fused-ring (bicyclic) bond motifs is 3. The molecule has 2 aliphatic carbocycles. The van der Waals surface area contributed by atoms with E-state index in [1.165, 1.54) is 30.2 Å². The van der Waals surface area contributed by atoms with E-state index in [9.17, 15) is 14.0 Å². The lowest BCUT2D eigenvalue weighted by molar-refractivity contribution is 0.0981. The first-order chi connectivity index (χ1) is 21.9. The number of nitrogens with zero attached hydrogens (tertiary/aromatic N) is 4. The van der Waals surface area contributed by atoms with Gasteiger partial charge < -0.3 is 10.2 Å². The number of amides is 2. The van der Waals surface area contributed by atoms with Gasteiger partial charge in [0.05, 0.1) is 27.6 Å². The molecule has 0 spiro atoms. The molecule has 0 atom stereocenters. The molecule has 8 rings (SSSR count). The van der Waals surface area contributed by atoms with Gasteiger partial charge in [0.15, 0.2) is 0 Å². The van der Waals surface area contributed by atoms with Crippen LogP contribution >= 0.6 is 23.3 Å². The zero-order chi connectivity index (χ0) is 30.7. The predicted octanol–water partition coefficient (Wildman–Crippen LogP) is 8.11. The first-order valence-corrected chi connectivity index (χ1v) is 16.9. The van der Waals surface area contributed by atoms with Crippen LogP contribution < -0.4 is 10.2 Å². The Morgan fingerprint density at radius 1 is 1.00 bits per heavy atom. The Hall–Kier alpha value is -4.28. The smallest absolute Gasteiger partial charge is 0.276 e. The molecular formula is C35H30FN5O2S2. The van der Waals surface area contributed by atoms with Crippen molar-refractivity contribution in [2.24, 2.45) is 0 Å². The van der Waals surface area contributed by atoms with Crippen LogP contribution in [0, 0.1) is 12.7 Å². The maximum absolute atomic E-state index is 14.4. The van der Waals surface area contributed by atoms with E-state index in [-0.39, 0.29) is 17.5 Å². The van der Waals surface area contributed by atoms with Crippen molar-refractivity contribution >= 4 is 46.5 Å². The third-order valence-corrected chi connectivity index (χ3v) is 10.9. The molecule has 226 valence electrons. The monoisotopic (exact) mass is 635 g/mol. The summed E-state index contributed by atoms with van der Waals surface area (Å²) >= 11 is 3.13. The third kappa shape index (κ3) is 5.46. The van der Waals surface area contributed by atoms with Crippen molar-refractivity contribution in [2.45, 2.75) is 50.2 Å². The fraction of sp³-hybridized carbons (Fsp3) is 0.257. The number of hydrogen-bond donors (Lipinski definition) is 1. The van der Waals surface area contributed by atoms with Gasteiger partial charge in [-0.3, -0.25) is 9.59 Å². The summed E-state index contributed by atoms with van der Waals surface area (Å²) in [5.74, 6) is -0.521. The second kappa shape index (κ2) is 11.3. The van der Waals surface area contributed by atoms with Gasteiger partial charge in [-0.2, -0.15) is 5.10 Å². The van der Waals surface area contributed by atoms with Crippen LogP contribution in [0.3, 0.4) is 0 Å². The highest BCUT2D eigenvalue weighted by Gasteiger charge is 2.33. The van der Waals surface area contributed by atoms with Crippen molar-refractivity contribution in [3.05, 3.63) is 106 Å². The van der Waals surface area contributed by atoms with E-state index in [1.54, 1.807) is 42.0 Å². The van der Waals surface area contributed by atoms with Gasteiger partial charge in [0.1, 0.15) is 11.5 Å². The second-order valence-corrected chi connectivity index (χ2v) is 14.2. The van der Waals surface area contributed by atoms with Crippen molar-refractivity contribution in [2.75, 3.05) is 16.8 Å². The summed E-state index contributed by atoms with van der Waals surface area (Å²) in [4.78, 5) is 35.5. The van der Waals surface area contributed by atoms with Crippen LogP contribution in [-0.2, 0) is 6.42 Å². The quantitative estimate of drug-likeness (QED) is 0.195. The first kappa shape index (κ1) is 28.2. The van der Waals surface area contributed by atoms with Crippen LogP contribution in [0.4, 0.5) is 15.8 Å². The summed E-state index contributed by atoms with van der Waals surface area (Å²) in [5.41, 5.74) is 6.74. The van der Waals surface area contributed by atoms with Gasteiger partial charge in [-0.1, -0.05) is 36.4 Å². The Labute approximate surface area is 268 Å². The van der Waals surface area contributed by atoms with Crippen LogP contribution in [0.5, 0.6) is 0 Å². The van der Waals surface area contributed by atoms with Crippen LogP contribution in [0.15, 0.2) is 72.9 Å². The van der Waals surface area contributed by atoms with Crippen LogP contribution in [0.2, 0.25) is 0 Å². The van der Waals surface area contributed by atoms with Crippen molar-refractivity contribution in [3.63, 3.8) is 0 Å². The van der Waals surface area contributed by atoms with Crippen molar-refractivity contribution in [1.29, 1.82) is 0 Å². The predicted molar refractivity (Wildman–Crippen MR) is 178 cm³/mol. The lowest BCUT2D eigenvalue weighted by Gasteiger charge is -2.23. The highest BCUT2D eigenvalue weighted by atomic mass is 32.2. The number of aryl methyl sites for hydroxylation is 1. The highest BCUT2D eigenvalue weighted by Crippen LogP contribution is 2.45. The lowest BCUT2D eigenvalue weighted by atomic mass is 10.1. The molecule has 2 aromatic carbocycles. The molecule has 4 heterocycles. The maximum Gasteiger partial charge on any atom is 0.276 e. The summed E-state index contributed by atoms with van der Waals surface area (Å²) in [6.45, 7) is 2.20. The van der Waals surface area contributed by atoms with E-state index in [2.05, 4.69) is 11.5 Å². The highest BCUT2D eigenvalue weighted by molar-refractivity contribution is 7.98. The normalized spacial score (nSPS) is 15.7. The molecule has 3 aromatic heterocycles. The zero-order valence-corrected chi connectivity index (χ0v) is 26.3. The average Bonchev–Trinajstić information content (AvgIpc) is 3.98. The zero-order valence-electron chi connectivity index (χ0n) is 24.6. The van der Waals surface area contributed by atoms with Gasteiger partial charge in [-0.25, -0.2) is 13.5 Å². The third-order valence-electron chi connectivity index (χ3n) is 8.49. The molecule has 3 aliphatic rings. The molecule has 45 heavy (non-hydrogen) atoms. The number of halogens is 1. The Morgan fingerprint density at radius 2 is 1.82 bits per heavy atom. The van der Waals surface area contributed by atoms with Crippen molar-refractivity contribution < 1.29 is 14.0 Å². The van der Waals surface area contributed by atoms with Crippen LogP contribution in [0.25, 0.3) is 21.7 Å². The van der Waals surface area contributed by atoms with E-state index >= 15 is 0 Å². The molecular weight excluding hydrogens is 606 g/mol. The summed E-state index contributed by atoms with van der Waals surface area (Å²) in [6.07, 6.45) is 7.37. The fourth-order valence-corrected chi connectivity index (χ4v) is 7.92. The summed E-state index contributed by atoms with van der Waals surface area (Å²) in [6, 6.07) is 20.0. The van der Waals surface area contributed by atoms with Gasteiger partial charge in [-0.15, -0.1) is 11.3 Å². The van der Waals surface area contributed by atoms with Crippen molar-refractivity contribution in [3.8, 4) is 21.7 Å². The number of thiophene rings is 1. The van der Waals surface area contributed by atoms with Gasteiger partial charge in [0, 0.05) is 39.9 Å². The molecule has 0 saturated heterocycles. The standard InChI is InChI=1S/C35H30FN5O2S2/c1-20-6-4-8-26(36)31(20)38-34(42)30-18-22-16-17-40(29-11-3-2-7-24(29)33(22)44-30)35(43)28-10-5-9-27(37-28)25-19-41(45-23-14-15-23)39-32(25)21-12-13-21/h2-11,18-19,21,23H,12-17H2,1H3,(H,38,42). The minimum Gasteiger partial charge on any atom is -0.319 e. The van der Waals surface area contributed by atoms with Gasteiger partial charge >= 0.3 is 0 Å². The molecule has 0 bridgehead atoms. The second-order valence-electron chi connectivity index (χ2n) is 11.9. The molecule has 10 heteroatoms. The van der Waals surface area contributed by atoms with Crippen LogP contribution in [0.1, 0.15) is 68.6 Å². The van der Waals surface area contributed by atoms with E-state index in [0.717, 1.165) is 51.5 Å². The molecule has 2 amide bonds. The number of para-hydroxylation sites is 2. The van der Waals surface area contributed by atoms with E-state index in [4.69, 9.17) is 10.1 Å². The van der Waals surface area contributed by atoms with E-state index < -0.39 is 5.82 Å². The number of hydrogen-bond acceptors (Lipinski definition) is 6. The molecule has 0 unspecified atom stereocenters. The van der Waals surface area contributed by atoms with Gasteiger partial charge in [-0.05, 0) is 92.4 Å². The van der Waals surface area contributed by atoms with Gasteiger partial charge in [0.25, 0.3) is 11.8 Å². The molecule has 2 saturated carbocycles. The Morgan fingerprint density at radius 3 is 2.62 bits per heavy atom. The fourth-order valence-electron chi connectivity index (χ4n) is 5.83.